The van der Waals surface area contributed by atoms with E-state index in [9.17, 15) is 0 Å². The van der Waals surface area contributed by atoms with E-state index in [2.05, 4.69) is 55.1 Å². The van der Waals surface area contributed by atoms with Crippen molar-refractivity contribution in [3.63, 3.8) is 0 Å². The summed E-state index contributed by atoms with van der Waals surface area (Å²) in [6.07, 6.45) is 8.39. The van der Waals surface area contributed by atoms with Gasteiger partial charge in [-0.25, -0.2) is 0 Å². The molecule has 1 saturated heterocycles. The normalized spacial score (nSPS) is 28.0. The third-order valence-corrected chi connectivity index (χ3v) is 6.55. The molecule has 2 aromatic carbocycles. The highest BCUT2D eigenvalue weighted by molar-refractivity contribution is 6.38. The topological polar surface area (TPSA) is 9.23 Å². The van der Waals surface area contributed by atoms with Crippen molar-refractivity contribution in [3.05, 3.63) is 53.6 Å². The minimum Gasteiger partial charge on any atom is -0.378 e. The lowest BCUT2D eigenvalue weighted by Crippen LogP contribution is -2.46. The Morgan fingerprint density at radius 1 is 1.14 bits per heavy atom. The minimum atomic E-state index is 0.0244. The zero-order valence-corrected chi connectivity index (χ0v) is 13.4. The Labute approximate surface area is 128 Å². The van der Waals surface area contributed by atoms with Crippen LogP contribution >= 0.6 is 0 Å². The predicted octanol–water partition coefficient (Wildman–Crippen LogP) is 4.60. The van der Waals surface area contributed by atoms with E-state index in [0.717, 1.165) is 16.1 Å². The van der Waals surface area contributed by atoms with Gasteiger partial charge in [0.2, 0.25) is 0 Å². The minimum absolute atomic E-state index is 0.0244. The molecule has 1 fully saturated rings. The molecule has 2 radical (unpaired) electrons. The van der Waals surface area contributed by atoms with Gasteiger partial charge in [0.1, 0.15) is 0 Å². The maximum atomic E-state index is 6.36. The zero-order valence-electron chi connectivity index (χ0n) is 12.4. The summed E-state index contributed by atoms with van der Waals surface area (Å²) in [6, 6.07) is 13.3. The molecule has 0 aromatic heterocycles. The fourth-order valence-electron chi connectivity index (χ4n) is 3.92. The summed E-state index contributed by atoms with van der Waals surface area (Å²) in [5.41, 5.74) is 2.81. The lowest BCUT2D eigenvalue weighted by atomic mass is 9.80. The molecule has 1 aliphatic carbocycles. The first-order valence-electron chi connectivity index (χ1n) is 7.87. The predicted molar refractivity (Wildman–Crippen MR) is 89.9 cm³/mol. The van der Waals surface area contributed by atoms with Crippen LogP contribution in [0, 0.1) is 0 Å². The van der Waals surface area contributed by atoms with Crippen molar-refractivity contribution in [1.29, 1.82) is 0 Å². The van der Waals surface area contributed by atoms with Gasteiger partial charge in [-0.1, -0.05) is 55.1 Å². The van der Waals surface area contributed by atoms with Crippen molar-refractivity contribution in [2.75, 3.05) is 6.61 Å². The maximum absolute atomic E-state index is 6.36. The molecular formula is C19H20OSi. The highest BCUT2D eigenvalue weighted by Crippen LogP contribution is 2.44. The van der Waals surface area contributed by atoms with Gasteiger partial charge in [-0.05, 0) is 41.2 Å². The number of ether oxygens (including phenoxy) is 1. The number of hydrogen-bond acceptors (Lipinski definition) is 1. The first kappa shape index (κ1) is 13.3. The van der Waals surface area contributed by atoms with Gasteiger partial charge in [-0.15, -0.1) is 0 Å². The van der Waals surface area contributed by atoms with E-state index in [-0.39, 0.29) is 5.22 Å². The average Bonchev–Trinajstić information content (AvgIpc) is 2.56. The monoisotopic (exact) mass is 292 g/mol. The van der Waals surface area contributed by atoms with E-state index in [1.54, 1.807) is 0 Å². The van der Waals surface area contributed by atoms with Crippen molar-refractivity contribution in [2.24, 2.45) is 0 Å². The molecular weight excluding hydrogens is 272 g/mol. The third-order valence-electron chi connectivity index (χ3n) is 5.00. The van der Waals surface area contributed by atoms with Gasteiger partial charge in [0, 0.05) is 12.5 Å². The van der Waals surface area contributed by atoms with Crippen LogP contribution in [-0.2, 0) is 4.74 Å². The largest absolute Gasteiger partial charge is 0.378 e. The Balaban J connectivity index is 1.89. The molecule has 1 heterocycles. The van der Waals surface area contributed by atoms with Crippen LogP contribution in [0.2, 0.25) is 6.55 Å². The second-order valence-electron chi connectivity index (χ2n) is 6.07. The van der Waals surface area contributed by atoms with Crippen molar-refractivity contribution >= 4 is 26.4 Å². The molecule has 0 amide bonds. The lowest BCUT2D eigenvalue weighted by molar-refractivity contribution is -0.0285. The standard InChI is InChI=1S/C19H20OSi/c1-21-19(12-2-3-13-20-19)17-11-10-15-7-4-6-14-8-5-9-16(17)18(14)15/h4-11,17H,2-3,12-13H2,1H3. The Bertz CT molecular complexity index is 693. The fraction of sp³-hybridized carbons (Fsp3) is 0.368. The highest BCUT2D eigenvalue weighted by atomic mass is 28.2. The van der Waals surface area contributed by atoms with Crippen LogP contribution in [-0.4, -0.2) is 21.4 Å². The highest BCUT2D eigenvalue weighted by Gasteiger charge is 2.41. The van der Waals surface area contributed by atoms with Gasteiger partial charge < -0.3 is 4.74 Å². The van der Waals surface area contributed by atoms with Crippen molar-refractivity contribution in [2.45, 2.75) is 37.0 Å². The van der Waals surface area contributed by atoms with Crippen LogP contribution in [0.5, 0.6) is 0 Å². The second-order valence-corrected chi connectivity index (χ2v) is 7.42. The summed E-state index contributed by atoms with van der Waals surface area (Å²) >= 11 is 0. The summed E-state index contributed by atoms with van der Waals surface area (Å²) < 4.78 is 6.36. The molecule has 106 valence electrons. The molecule has 2 atom stereocenters. The molecule has 0 N–H and O–H groups in total. The SMILES string of the molecule is C[Si]C1(C2C=Cc3cccc4cccc2c34)CCCCO1. The molecule has 4 rings (SSSR count). The maximum Gasteiger partial charge on any atom is 0.0801 e. The van der Waals surface area contributed by atoms with Gasteiger partial charge in [0.05, 0.1) is 14.7 Å². The summed E-state index contributed by atoms with van der Waals surface area (Å²) in [5.74, 6) is 0.403. The smallest absolute Gasteiger partial charge is 0.0801 e. The van der Waals surface area contributed by atoms with Crippen LogP contribution < -0.4 is 0 Å². The molecule has 0 saturated carbocycles. The van der Waals surface area contributed by atoms with Crippen molar-refractivity contribution in [1.82, 2.24) is 0 Å². The summed E-state index contributed by atoms with van der Waals surface area (Å²) in [7, 11) is 0.817. The van der Waals surface area contributed by atoms with Crippen molar-refractivity contribution in [3.8, 4) is 0 Å². The van der Waals surface area contributed by atoms with E-state index in [4.69, 9.17) is 4.74 Å². The molecule has 1 nitrogen and oxygen atoms in total. The summed E-state index contributed by atoms with van der Waals surface area (Å²) in [5, 5.41) is 2.81. The zero-order chi connectivity index (χ0) is 14.3. The Morgan fingerprint density at radius 3 is 2.76 bits per heavy atom. The van der Waals surface area contributed by atoms with Gasteiger partial charge in [0.25, 0.3) is 0 Å². The van der Waals surface area contributed by atoms with Crippen molar-refractivity contribution < 1.29 is 4.74 Å². The Kier molecular flexibility index (Phi) is 3.24. The molecule has 0 spiro atoms. The van der Waals surface area contributed by atoms with Gasteiger partial charge in [-0.2, -0.15) is 0 Å². The third kappa shape index (κ3) is 2.01. The van der Waals surface area contributed by atoms with Gasteiger partial charge in [-0.3, -0.25) is 0 Å². The quantitative estimate of drug-likeness (QED) is 0.735. The molecule has 2 heteroatoms. The van der Waals surface area contributed by atoms with E-state index in [1.165, 1.54) is 41.2 Å². The molecule has 0 bridgehead atoms. The summed E-state index contributed by atoms with van der Waals surface area (Å²) in [4.78, 5) is 0. The van der Waals surface area contributed by atoms with Crippen LogP contribution in [0.4, 0.5) is 0 Å². The first-order chi connectivity index (χ1) is 10.3. The van der Waals surface area contributed by atoms with Crippen LogP contribution in [0.3, 0.4) is 0 Å². The second kappa shape index (κ2) is 5.11. The van der Waals surface area contributed by atoms with E-state index in [1.807, 2.05) is 0 Å². The van der Waals surface area contributed by atoms with Crippen LogP contribution in [0.1, 0.15) is 36.3 Å². The average molecular weight is 292 g/mol. The number of hydrogen-bond donors (Lipinski definition) is 0. The molecule has 2 aliphatic rings. The summed E-state index contributed by atoms with van der Waals surface area (Å²) in [6.45, 7) is 3.22. The first-order valence-corrected chi connectivity index (χ1v) is 9.37. The molecule has 21 heavy (non-hydrogen) atoms. The van der Waals surface area contributed by atoms with E-state index >= 15 is 0 Å². The fourth-order valence-corrected chi connectivity index (χ4v) is 5.16. The Hall–Kier alpha value is -1.38. The van der Waals surface area contributed by atoms with Crippen LogP contribution in [0.15, 0.2) is 42.5 Å². The van der Waals surface area contributed by atoms with Crippen LogP contribution in [0.25, 0.3) is 16.8 Å². The number of rotatable bonds is 2. The van der Waals surface area contributed by atoms with E-state index in [0.29, 0.717) is 5.92 Å². The Morgan fingerprint density at radius 2 is 2.00 bits per heavy atom. The van der Waals surface area contributed by atoms with E-state index < -0.39 is 0 Å². The lowest BCUT2D eigenvalue weighted by Gasteiger charge is -2.43. The molecule has 1 aliphatic heterocycles. The molecule has 2 aromatic rings. The number of benzene rings is 2. The van der Waals surface area contributed by atoms with Gasteiger partial charge >= 0.3 is 0 Å². The molecule has 2 unspecified atom stereocenters. The van der Waals surface area contributed by atoms with Gasteiger partial charge in [0.15, 0.2) is 0 Å².